The number of hydrogen-bond donors (Lipinski definition) is 2. The number of anilines is 3. The van der Waals surface area contributed by atoms with Gasteiger partial charge in [-0.15, -0.1) is 13.2 Å². The van der Waals surface area contributed by atoms with Crippen molar-refractivity contribution in [3.8, 4) is 5.75 Å². The zero-order valence-electron chi connectivity index (χ0n) is 18.9. The molecule has 2 N–H and O–H groups in total. The van der Waals surface area contributed by atoms with Gasteiger partial charge in [0.15, 0.2) is 0 Å². The second-order valence-electron chi connectivity index (χ2n) is 7.81. The van der Waals surface area contributed by atoms with Crippen LogP contribution in [-0.4, -0.2) is 65.3 Å². The molecule has 0 unspecified atom stereocenters. The number of amides is 1. The number of hydrogen-bond acceptors (Lipinski definition) is 8. The lowest BCUT2D eigenvalue weighted by Crippen LogP contribution is -2.46. The summed E-state index contributed by atoms with van der Waals surface area (Å²) in [7, 11) is 1.56. The Labute approximate surface area is 200 Å². The van der Waals surface area contributed by atoms with Crippen molar-refractivity contribution in [2.45, 2.75) is 12.9 Å². The lowest BCUT2D eigenvalue weighted by molar-refractivity contribution is -0.275. The number of aromatic nitrogens is 3. The number of nitrogens with one attached hydrogen (secondary N) is 2. The molecule has 0 radical (unpaired) electrons. The van der Waals surface area contributed by atoms with Crippen LogP contribution in [0.4, 0.5) is 30.8 Å². The summed E-state index contributed by atoms with van der Waals surface area (Å²) in [6.45, 7) is 2.76. The number of benzene rings is 2. The van der Waals surface area contributed by atoms with E-state index in [0.29, 0.717) is 61.4 Å². The Balaban J connectivity index is 1.37. The Morgan fingerprint density at radius 3 is 2.57 bits per heavy atom. The molecule has 1 aromatic heterocycles. The number of alkyl halides is 3. The minimum absolute atomic E-state index is 0.184. The third-order valence-corrected chi connectivity index (χ3v) is 5.41. The van der Waals surface area contributed by atoms with Crippen molar-refractivity contribution in [2.24, 2.45) is 0 Å². The molecular formula is C23H24F3N7O2. The lowest BCUT2D eigenvalue weighted by atomic mass is 10.1. The molecule has 0 saturated carbocycles. The third-order valence-electron chi connectivity index (χ3n) is 5.41. The molecule has 1 aliphatic rings. The molecule has 9 nitrogen and oxygen atoms in total. The number of halogens is 3. The van der Waals surface area contributed by atoms with E-state index in [2.05, 4.69) is 35.2 Å². The molecule has 3 aromatic rings. The second-order valence-corrected chi connectivity index (χ2v) is 7.81. The quantitative estimate of drug-likeness (QED) is 0.525. The minimum Gasteiger partial charge on any atom is -0.405 e. The smallest absolute Gasteiger partial charge is 0.405 e. The Hall–Kier alpha value is -3.93. The number of piperazine rings is 1. The van der Waals surface area contributed by atoms with Crippen LogP contribution in [0, 0.1) is 0 Å². The van der Waals surface area contributed by atoms with E-state index in [1.54, 1.807) is 43.4 Å². The van der Waals surface area contributed by atoms with Gasteiger partial charge in [0.25, 0.3) is 5.91 Å². The first-order valence-electron chi connectivity index (χ1n) is 10.9. The molecule has 1 fully saturated rings. The Bertz CT molecular complexity index is 1170. The Kier molecular flexibility index (Phi) is 7.30. The molecule has 184 valence electrons. The molecule has 2 aromatic carbocycles. The average Bonchev–Trinajstić information content (AvgIpc) is 2.85. The van der Waals surface area contributed by atoms with Gasteiger partial charge < -0.3 is 20.3 Å². The summed E-state index contributed by atoms with van der Waals surface area (Å²) in [5.74, 6) is 0.446. The van der Waals surface area contributed by atoms with Crippen molar-refractivity contribution < 1.29 is 22.7 Å². The van der Waals surface area contributed by atoms with Crippen LogP contribution >= 0.6 is 0 Å². The standard InChI is InChI=1S/C23H24F3N7O2/c1-27-20(34)16-6-4-7-18(13-16)30-21-28-15-29-22(31-21)33-11-9-32(10-12-33)14-17-5-2-3-8-19(17)35-23(24,25)26/h2-8,13,15H,9-12,14H2,1H3,(H,27,34)(H,28,29,30,31). The lowest BCUT2D eigenvalue weighted by Gasteiger charge is -2.34. The fourth-order valence-electron chi connectivity index (χ4n) is 3.72. The van der Waals surface area contributed by atoms with E-state index < -0.39 is 6.36 Å². The summed E-state index contributed by atoms with van der Waals surface area (Å²) < 4.78 is 42.2. The van der Waals surface area contributed by atoms with Gasteiger partial charge in [-0.3, -0.25) is 9.69 Å². The highest BCUT2D eigenvalue weighted by atomic mass is 19.4. The van der Waals surface area contributed by atoms with E-state index in [0.717, 1.165) is 0 Å². The van der Waals surface area contributed by atoms with Crippen LogP contribution in [-0.2, 0) is 6.54 Å². The third kappa shape index (κ3) is 6.57. The molecule has 35 heavy (non-hydrogen) atoms. The minimum atomic E-state index is -4.73. The van der Waals surface area contributed by atoms with E-state index >= 15 is 0 Å². The molecule has 12 heteroatoms. The van der Waals surface area contributed by atoms with E-state index in [1.807, 2.05) is 4.90 Å². The summed E-state index contributed by atoms with van der Waals surface area (Å²) in [4.78, 5) is 28.8. The van der Waals surface area contributed by atoms with E-state index in [1.165, 1.54) is 18.5 Å². The average molecular weight is 487 g/mol. The molecule has 2 heterocycles. The fraction of sp³-hybridized carbons (Fsp3) is 0.304. The highest BCUT2D eigenvalue weighted by molar-refractivity contribution is 5.95. The first-order valence-corrected chi connectivity index (χ1v) is 10.9. The van der Waals surface area contributed by atoms with Gasteiger partial charge in [-0.1, -0.05) is 24.3 Å². The maximum atomic E-state index is 12.7. The molecule has 1 amide bonds. The van der Waals surface area contributed by atoms with Crippen molar-refractivity contribution in [3.05, 3.63) is 66.0 Å². The number of ether oxygens (including phenoxy) is 1. The largest absolute Gasteiger partial charge is 0.573 e. The zero-order chi connectivity index (χ0) is 24.8. The summed E-state index contributed by atoms with van der Waals surface area (Å²) in [6, 6.07) is 13.1. The topological polar surface area (TPSA) is 95.5 Å². The van der Waals surface area contributed by atoms with Gasteiger partial charge in [0.2, 0.25) is 11.9 Å². The van der Waals surface area contributed by atoms with Gasteiger partial charge in [0.05, 0.1) is 0 Å². The molecule has 0 bridgehead atoms. The normalized spacial score (nSPS) is 14.5. The second kappa shape index (κ2) is 10.6. The maximum absolute atomic E-state index is 12.7. The summed E-state index contributed by atoms with van der Waals surface area (Å²) in [5, 5.41) is 5.66. The van der Waals surface area contributed by atoms with Crippen LogP contribution in [0.25, 0.3) is 0 Å². The Morgan fingerprint density at radius 2 is 1.83 bits per heavy atom. The molecule has 4 rings (SSSR count). The summed E-state index contributed by atoms with van der Waals surface area (Å²) in [5.41, 5.74) is 1.64. The van der Waals surface area contributed by atoms with Crippen molar-refractivity contribution in [3.63, 3.8) is 0 Å². The van der Waals surface area contributed by atoms with Crippen LogP contribution in [0.1, 0.15) is 15.9 Å². The van der Waals surface area contributed by atoms with Crippen molar-refractivity contribution >= 4 is 23.5 Å². The van der Waals surface area contributed by atoms with Crippen LogP contribution in [0.2, 0.25) is 0 Å². The fourth-order valence-corrected chi connectivity index (χ4v) is 3.72. The maximum Gasteiger partial charge on any atom is 0.573 e. The molecule has 1 saturated heterocycles. The van der Waals surface area contributed by atoms with Gasteiger partial charge >= 0.3 is 6.36 Å². The van der Waals surface area contributed by atoms with Gasteiger partial charge in [0.1, 0.15) is 12.1 Å². The number of nitrogens with zero attached hydrogens (tertiary/aromatic N) is 5. The number of carbonyl (C=O) groups is 1. The van der Waals surface area contributed by atoms with Crippen LogP contribution in [0.3, 0.4) is 0 Å². The van der Waals surface area contributed by atoms with Gasteiger partial charge in [0, 0.05) is 56.6 Å². The molecule has 1 aliphatic heterocycles. The van der Waals surface area contributed by atoms with Crippen molar-refractivity contribution in [2.75, 3.05) is 43.4 Å². The van der Waals surface area contributed by atoms with Gasteiger partial charge in [-0.25, -0.2) is 9.97 Å². The van der Waals surface area contributed by atoms with Crippen LogP contribution in [0.5, 0.6) is 5.75 Å². The highest BCUT2D eigenvalue weighted by Crippen LogP contribution is 2.27. The van der Waals surface area contributed by atoms with Crippen molar-refractivity contribution in [1.29, 1.82) is 0 Å². The van der Waals surface area contributed by atoms with E-state index in [4.69, 9.17) is 0 Å². The summed E-state index contributed by atoms with van der Waals surface area (Å²) in [6.07, 6.45) is -3.33. The number of para-hydroxylation sites is 1. The zero-order valence-corrected chi connectivity index (χ0v) is 18.9. The van der Waals surface area contributed by atoms with Gasteiger partial charge in [-0.05, 0) is 24.3 Å². The van der Waals surface area contributed by atoms with Crippen LogP contribution in [0.15, 0.2) is 54.9 Å². The predicted octanol–water partition coefficient (Wildman–Crippen LogP) is 3.20. The molecular weight excluding hydrogens is 463 g/mol. The van der Waals surface area contributed by atoms with E-state index in [-0.39, 0.29) is 11.7 Å². The number of rotatable bonds is 7. The first-order chi connectivity index (χ1) is 16.8. The monoisotopic (exact) mass is 487 g/mol. The molecule has 0 aliphatic carbocycles. The Morgan fingerprint density at radius 1 is 1.06 bits per heavy atom. The molecule has 0 atom stereocenters. The predicted molar refractivity (Wildman–Crippen MR) is 124 cm³/mol. The number of carbonyl (C=O) groups excluding carboxylic acids is 1. The SMILES string of the molecule is CNC(=O)c1cccc(Nc2ncnc(N3CCN(Cc4ccccc4OC(F)(F)F)CC3)n2)c1. The summed E-state index contributed by atoms with van der Waals surface area (Å²) >= 11 is 0. The van der Waals surface area contributed by atoms with Gasteiger partial charge in [-0.2, -0.15) is 4.98 Å². The highest BCUT2D eigenvalue weighted by Gasteiger charge is 2.32. The van der Waals surface area contributed by atoms with E-state index in [9.17, 15) is 18.0 Å². The van der Waals surface area contributed by atoms with Crippen LogP contribution < -0.4 is 20.3 Å². The first kappa shape index (κ1) is 24.2. The molecule has 0 spiro atoms. The van der Waals surface area contributed by atoms with Crippen molar-refractivity contribution in [1.82, 2.24) is 25.2 Å².